The van der Waals surface area contributed by atoms with Gasteiger partial charge in [0, 0.05) is 32.7 Å². The van der Waals surface area contributed by atoms with Gasteiger partial charge in [-0.05, 0) is 25.7 Å². The maximum atomic E-state index is 6.99. The Morgan fingerprint density at radius 2 is 0.667 bits per heavy atom. The Morgan fingerprint density at radius 3 is 0.971 bits per heavy atom. The SMILES string of the molecule is CCCCCCCCCCC1(CCCCCCCCCC)COc2csc(-c3ccc(-c4scc5c4OCC(CCCCCCCCCC)(CCCCCCCCCC)CO5)c4n[nH]nc34)c2OC1. The van der Waals surface area contributed by atoms with Crippen LogP contribution in [0.2, 0.25) is 0 Å². The Bertz CT molecular complexity index is 1790. The molecule has 9 heteroatoms. The Balaban J connectivity index is 1.12. The fourth-order valence-electron chi connectivity index (χ4n) is 11.2. The Morgan fingerprint density at radius 1 is 0.391 bits per heavy atom. The number of nitrogens with zero attached hydrogens (tertiary/aromatic N) is 2. The second-order valence-corrected chi connectivity index (χ2v) is 23.5. The highest BCUT2D eigenvalue weighted by Gasteiger charge is 2.38. The van der Waals surface area contributed by atoms with E-state index in [1.54, 1.807) is 22.7 Å². The average molecular weight is 989 g/mol. The maximum Gasteiger partial charge on any atom is 0.179 e. The highest BCUT2D eigenvalue weighted by molar-refractivity contribution is 7.15. The third kappa shape index (κ3) is 17.5. The normalized spacial score (nSPS) is 15.2. The molecule has 2 aliphatic rings. The molecule has 2 aliphatic heterocycles. The predicted octanol–water partition coefficient (Wildman–Crippen LogP) is 20.1. The van der Waals surface area contributed by atoms with Gasteiger partial charge in [0.25, 0.3) is 0 Å². The zero-order valence-corrected chi connectivity index (χ0v) is 46.1. The van der Waals surface area contributed by atoms with Gasteiger partial charge in [0.2, 0.25) is 0 Å². The summed E-state index contributed by atoms with van der Waals surface area (Å²) in [6.45, 7) is 12.1. The minimum Gasteiger partial charge on any atom is -0.488 e. The van der Waals surface area contributed by atoms with Crippen LogP contribution in [0.5, 0.6) is 23.0 Å². The van der Waals surface area contributed by atoms with Gasteiger partial charge in [0.1, 0.15) is 11.0 Å². The summed E-state index contributed by atoms with van der Waals surface area (Å²) in [5, 5.41) is 16.9. The smallest absolute Gasteiger partial charge is 0.179 e. The van der Waals surface area contributed by atoms with Gasteiger partial charge in [-0.2, -0.15) is 15.4 Å². The number of fused-ring (bicyclic) bond motifs is 3. The molecule has 7 nitrogen and oxygen atoms in total. The first-order valence-electron chi connectivity index (χ1n) is 29.1. The molecule has 0 atom stereocenters. The summed E-state index contributed by atoms with van der Waals surface area (Å²) in [6, 6.07) is 4.43. The van der Waals surface area contributed by atoms with Crippen LogP contribution in [0.3, 0.4) is 0 Å². The van der Waals surface area contributed by atoms with Gasteiger partial charge in [-0.1, -0.05) is 245 Å². The van der Waals surface area contributed by atoms with Gasteiger partial charge in [-0.3, -0.25) is 0 Å². The van der Waals surface area contributed by atoms with Crippen LogP contribution in [0, 0.1) is 10.8 Å². The van der Waals surface area contributed by atoms with Crippen molar-refractivity contribution in [2.24, 2.45) is 10.8 Å². The molecule has 0 fully saturated rings. The van der Waals surface area contributed by atoms with Crippen LogP contribution in [0.25, 0.3) is 31.9 Å². The lowest BCUT2D eigenvalue weighted by Gasteiger charge is -2.31. The molecule has 0 aliphatic carbocycles. The van der Waals surface area contributed by atoms with Crippen LogP contribution in [-0.4, -0.2) is 41.8 Å². The Hall–Kier alpha value is -2.78. The van der Waals surface area contributed by atoms with E-state index in [0.717, 1.165) is 68.1 Å². The minimum atomic E-state index is 0.0316. The summed E-state index contributed by atoms with van der Waals surface area (Å²) in [4.78, 5) is 2.14. The number of hydrogen-bond donors (Lipinski definition) is 1. The lowest BCUT2D eigenvalue weighted by atomic mass is 9.79. The number of thiophene rings is 2. The summed E-state index contributed by atoms with van der Waals surface area (Å²) < 4.78 is 27.6. The van der Waals surface area contributed by atoms with Crippen LogP contribution in [0.1, 0.15) is 259 Å². The van der Waals surface area contributed by atoms with Crippen molar-refractivity contribution in [1.29, 1.82) is 0 Å². The molecule has 1 aromatic carbocycles. The van der Waals surface area contributed by atoms with Crippen LogP contribution in [-0.2, 0) is 0 Å². The monoisotopic (exact) mass is 988 g/mol. The van der Waals surface area contributed by atoms with Crippen molar-refractivity contribution in [2.45, 2.75) is 259 Å². The van der Waals surface area contributed by atoms with Crippen molar-refractivity contribution in [2.75, 3.05) is 26.4 Å². The van der Waals surface area contributed by atoms with E-state index in [1.165, 1.54) is 231 Å². The van der Waals surface area contributed by atoms with Gasteiger partial charge in [-0.15, -0.1) is 22.7 Å². The van der Waals surface area contributed by atoms with Crippen molar-refractivity contribution < 1.29 is 18.9 Å². The summed E-state index contributed by atoms with van der Waals surface area (Å²) in [7, 11) is 0. The van der Waals surface area contributed by atoms with E-state index in [4.69, 9.17) is 29.1 Å². The quantitative estimate of drug-likeness (QED) is 0.0451. The summed E-state index contributed by atoms with van der Waals surface area (Å²) in [6.07, 6.45) is 47.5. The van der Waals surface area contributed by atoms with E-state index in [0.29, 0.717) is 13.2 Å². The fourth-order valence-corrected chi connectivity index (χ4v) is 13.1. The third-order valence-electron chi connectivity index (χ3n) is 15.7. The van der Waals surface area contributed by atoms with Gasteiger partial charge in [0.05, 0.1) is 36.2 Å². The topological polar surface area (TPSA) is 78.5 Å². The molecule has 388 valence electrons. The van der Waals surface area contributed by atoms with Gasteiger partial charge in [-0.25, -0.2) is 0 Å². The van der Waals surface area contributed by atoms with E-state index in [1.807, 2.05) is 0 Å². The van der Waals surface area contributed by atoms with E-state index < -0.39 is 0 Å². The molecule has 0 amide bonds. The molecule has 3 aromatic heterocycles. The first-order valence-corrected chi connectivity index (χ1v) is 30.9. The number of ether oxygens (including phenoxy) is 4. The molecule has 6 rings (SSSR count). The summed E-state index contributed by atoms with van der Waals surface area (Å²) in [5.41, 5.74) is 3.83. The molecule has 0 spiro atoms. The molecule has 0 bridgehead atoms. The Kier molecular flexibility index (Phi) is 25.5. The molecule has 1 N–H and O–H groups in total. The molecule has 0 saturated carbocycles. The second-order valence-electron chi connectivity index (χ2n) is 21.8. The zero-order valence-electron chi connectivity index (χ0n) is 44.4. The van der Waals surface area contributed by atoms with Gasteiger partial charge in [0.15, 0.2) is 23.0 Å². The number of unbranched alkanes of at least 4 members (excludes halogenated alkanes) is 28. The van der Waals surface area contributed by atoms with E-state index in [9.17, 15) is 0 Å². The van der Waals surface area contributed by atoms with Gasteiger partial charge < -0.3 is 18.9 Å². The number of H-pyrrole nitrogens is 1. The second kappa shape index (κ2) is 31.6. The zero-order chi connectivity index (χ0) is 48.3. The molecule has 0 saturated heterocycles. The molecule has 0 radical (unpaired) electrons. The number of benzene rings is 1. The summed E-state index contributed by atoms with van der Waals surface area (Å²) in [5.74, 6) is 3.50. The minimum absolute atomic E-state index is 0.0316. The number of rotatable bonds is 38. The average Bonchev–Trinajstić information content (AvgIpc) is 4.08. The van der Waals surface area contributed by atoms with E-state index >= 15 is 0 Å². The third-order valence-corrected chi connectivity index (χ3v) is 17.7. The number of hydrogen-bond acceptors (Lipinski definition) is 8. The fraction of sp³-hybridized carbons (Fsp3) is 0.767. The molecular weight excluding hydrogens is 891 g/mol. The van der Waals surface area contributed by atoms with Crippen LogP contribution in [0.15, 0.2) is 22.9 Å². The van der Waals surface area contributed by atoms with Crippen LogP contribution in [0.4, 0.5) is 0 Å². The predicted molar refractivity (Wildman–Crippen MR) is 296 cm³/mol. The summed E-state index contributed by atoms with van der Waals surface area (Å²) >= 11 is 3.39. The highest BCUT2D eigenvalue weighted by atomic mass is 32.1. The number of aromatic amines is 1. The highest BCUT2D eigenvalue weighted by Crippen LogP contribution is 2.53. The molecular formula is C60H97N3O4S2. The van der Waals surface area contributed by atoms with Crippen LogP contribution < -0.4 is 18.9 Å². The lowest BCUT2D eigenvalue weighted by molar-refractivity contribution is 0.0783. The van der Waals surface area contributed by atoms with E-state index in [-0.39, 0.29) is 10.8 Å². The van der Waals surface area contributed by atoms with Gasteiger partial charge >= 0.3 is 0 Å². The molecule has 0 unspecified atom stereocenters. The Labute approximate surface area is 428 Å². The van der Waals surface area contributed by atoms with Crippen molar-refractivity contribution in [3.05, 3.63) is 22.9 Å². The van der Waals surface area contributed by atoms with Crippen molar-refractivity contribution >= 4 is 33.7 Å². The molecule has 5 heterocycles. The largest absolute Gasteiger partial charge is 0.488 e. The lowest BCUT2D eigenvalue weighted by Crippen LogP contribution is -2.33. The van der Waals surface area contributed by atoms with Crippen LogP contribution >= 0.6 is 22.7 Å². The number of nitrogens with one attached hydrogen (secondary N) is 1. The first kappa shape index (κ1) is 55.5. The number of aromatic nitrogens is 3. The van der Waals surface area contributed by atoms with Crippen molar-refractivity contribution in [3.63, 3.8) is 0 Å². The standard InChI is InChI=1S/C60H97N3O4S2/c1-5-9-13-17-21-25-29-33-39-59(40-34-30-26-22-18-14-10-6-2)45-64-51-43-68-57(55(51)66-47-59)49-37-38-50(54-53(49)61-63-62-54)58-56-52(44-69-58)65-46-60(48-67-56,41-35-31-27-23-19-15-11-7-3)42-36-32-28-24-20-16-12-8-4/h37-38,43-44H,5-36,39-42,45-48H2,1-4H3,(H,61,62,63). The van der Waals surface area contributed by atoms with E-state index in [2.05, 4.69) is 55.8 Å². The molecule has 69 heavy (non-hydrogen) atoms. The van der Waals surface area contributed by atoms with Crippen molar-refractivity contribution in [1.82, 2.24) is 15.4 Å². The maximum absolute atomic E-state index is 6.99. The molecule has 4 aromatic rings. The first-order chi connectivity index (χ1) is 34.1. The van der Waals surface area contributed by atoms with Crippen molar-refractivity contribution in [3.8, 4) is 43.9 Å².